The predicted octanol–water partition coefficient (Wildman–Crippen LogP) is 1.99. The number of rotatable bonds is 2. The smallest absolute Gasteiger partial charge is 0.252 e. The minimum Gasteiger partial charge on any atom is -0.308 e. The summed E-state index contributed by atoms with van der Waals surface area (Å²) in [5.41, 5.74) is 4.99. The second kappa shape index (κ2) is 5.60. The number of carbonyl (C=O) groups is 1. The summed E-state index contributed by atoms with van der Waals surface area (Å²) >= 11 is 0. The number of hydrogen-bond donors (Lipinski definition) is 0. The standard InChI is InChI=1S/C19H19N7O/c1-11-4-5-14-15(8-11)24-6-7-25(19(24)21-14)17(27)10-16-22-18-20-12(2)9-13(3)26(18)23-16/h4-5,8-9H,6-7,10H2,1-3H3. The topological polar surface area (TPSA) is 81.2 Å². The number of anilines is 1. The second-order valence-electron chi connectivity index (χ2n) is 7.06. The van der Waals surface area contributed by atoms with Crippen LogP contribution in [0.15, 0.2) is 24.3 Å². The molecule has 1 amide bonds. The largest absolute Gasteiger partial charge is 0.308 e. The van der Waals surface area contributed by atoms with Gasteiger partial charge in [-0.3, -0.25) is 9.69 Å². The number of amides is 1. The van der Waals surface area contributed by atoms with E-state index >= 15 is 0 Å². The normalized spacial score (nSPS) is 13.7. The van der Waals surface area contributed by atoms with Gasteiger partial charge in [-0.05, 0) is 44.5 Å². The Bertz CT molecular complexity index is 1220. The number of aromatic nitrogens is 6. The van der Waals surface area contributed by atoms with E-state index in [4.69, 9.17) is 0 Å². The van der Waals surface area contributed by atoms with Gasteiger partial charge in [0.05, 0.1) is 17.5 Å². The average Bonchev–Trinajstić information content (AvgIpc) is 3.28. The van der Waals surface area contributed by atoms with Gasteiger partial charge in [0.25, 0.3) is 5.78 Å². The molecule has 0 saturated heterocycles. The quantitative estimate of drug-likeness (QED) is 0.545. The number of benzene rings is 1. The molecule has 0 bridgehead atoms. The highest BCUT2D eigenvalue weighted by molar-refractivity contribution is 5.95. The van der Waals surface area contributed by atoms with E-state index < -0.39 is 0 Å². The number of imidazole rings is 1. The highest BCUT2D eigenvalue weighted by Gasteiger charge is 2.29. The third kappa shape index (κ3) is 2.48. The summed E-state index contributed by atoms with van der Waals surface area (Å²) in [6.45, 7) is 7.30. The highest BCUT2D eigenvalue weighted by Crippen LogP contribution is 2.28. The van der Waals surface area contributed by atoms with Crippen LogP contribution in [0, 0.1) is 20.8 Å². The summed E-state index contributed by atoms with van der Waals surface area (Å²) in [5.74, 6) is 1.66. The van der Waals surface area contributed by atoms with E-state index in [1.54, 1.807) is 9.42 Å². The van der Waals surface area contributed by atoms with Crippen molar-refractivity contribution in [1.29, 1.82) is 0 Å². The van der Waals surface area contributed by atoms with Crippen molar-refractivity contribution in [3.8, 4) is 0 Å². The maximum absolute atomic E-state index is 12.9. The van der Waals surface area contributed by atoms with E-state index in [1.807, 2.05) is 32.0 Å². The number of hydrogen-bond acceptors (Lipinski definition) is 5. The van der Waals surface area contributed by atoms with Crippen molar-refractivity contribution in [3.63, 3.8) is 0 Å². The zero-order chi connectivity index (χ0) is 18.7. The molecular weight excluding hydrogens is 342 g/mol. The number of carbonyl (C=O) groups excluding carboxylic acids is 1. The van der Waals surface area contributed by atoms with Crippen LogP contribution in [0.5, 0.6) is 0 Å². The van der Waals surface area contributed by atoms with Crippen LogP contribution in [0.25, 0.3) is 16.8 Å². The molecule has 0 atom stereocenters. The zero-order valence-electron chi connectivity index (χ0n) is 15.5. The Kier molecular flexibility index (Phi) is 3.30. The fourth-order valence-electron chi connectivity index (χ4n) is 3.70. The van der Waals surface area contributed by atoms with Crippen LogP contribution in [0.1, 0.15) is 22.8 Å². The summed E-state index contributed by atoms with van der Waals surface area (Å²) in [6, 6.07) is 8.09. The van der Waals surface area contributed by atoms with Crippen molar-refractivity contribution in [2.24, 2.45) is 0 Å². The van der Waals surface area contributed by atoms with Crippen LogP contribution >= 0.6 is 0 Å². The van der Waals surface area contributed by atoms with Crippen LogP contribution in [0.4, 0.5) is 5.95 Å². The Labute approximate surface area is 155 Å². The van der Waals surface area contributed by atoms with Gasteiger partial charge < -0.3 is 4.57 Å². The first kappa shape index (κ1) is 15.9. The Morgan fingerprint density at radius 2 is 1.93 bits per heavy atom. The van der Waals surface area contributed by atoms with E-state index in [0.717, 1.165) is 29.0 Å². The minimum absolute atomic E-state index is 0.0499. The minimum atomic E-state index is -0.0499. The summed E-state index contributed by atoms with van der Waals surface area (Å²) in [6.07, 6.45) is 0.129. The molecule has 1 aliphatic rings. The van der Waals surface area contributed by atoms with E-state index in [1.165, 1.54) is 5.56 Å². The van der Waals surface area contributed by atoms with E-state index in [2.05, 4.69) is 37.6 Å². The lowest BCUT2D eigenvalue weighted by atomic mass is 10.2. The molecule has 0 saturated carbocycles. The van der Waals surface area contributed by atoms with E-state index in [0.29, 0.717) is 24.1 Å². The van der Waals surface area contributed by atoms with Gasteiger partial charge in [0.2, 0.25) is 11.9 Å². The molecule has 5 rings (SSSR count). The fraction of sp³-hybridized carbons (Fsp3) is 0.316. The van der Waals surface area contributed by atoms with Gasteiger partial charge in [0.1, 0.15) is 0 Å². The van der Waals surface area contributed by atoms with E-state index in [9.17, 15) is 4.79 Å². The molecule has 8 nitrogen and oxygen atoms in total. The zero-order valence-corrected chi connectivity index (χ0v) is 15.5. The summed E-state index contributed by atoms with van der Waals surface area (Å²) in [4.78, 5) is 28.1. The molecule has 0 radical (unpaired) electrons. The molecular formula is C19H19N7O. The third-order valence-electron chi connectivity index (χ3n) is 4.94. The molecule has 0 unspecified atom stereocenters. The molecule has 0 aliphatic carbocycles. The van der Waals surface area contributed by atoms with Crippen LogP contribution < -0.4 is 4.90 Å². The van der Waals surface area contributed by atoms with Crippen molar-refractivity contribution in [2.45, 2.75) is 33.7 Å². The number of nitrogens with zero attached hydrogens (tertiary/aromatic N) is 7. The van der Waals surface area contributed by atoms with Gasteiger partial charge in [0, 0.05) is 24.5 Å². The highest BCUT2D eigenvalue weighted by atomic mass is 16.2. The summed E-state index contributed by atoms with van der Waals surface area (Å²) in [7, 11) is 0. The van der Waals surface area contributed by atoms with Crippen LogP contribution in [0.3, 0.4) is 0 Å². The van der Waals surface area contributed by atoms with Crippen molar-refractivity contribution in [3.05, 3.63) is 47.0 Å². The van der Waals surface area contributed by atoms with Crippen molar-refractivity contribution >= 4 is 28.7 Å². The lowest BCUT2D eigenvalue weighted by molar-refractivity contribution is -0.118. The maximum atomic E-state index is 12.9. The molecule has 8 heteroatoms. The van der Waals surface area contributed by atoms with Gasteiger partial charge in [-0.2, -0.15) is 4.98 Å². The SMILES string of the molecule is Cc1ccc2nc3n(c2c1)CCN3C(=O)Cc1nc2nc(C)cc(C)n2n1. The maximum Gasteiger partial charge on any atom is 0.252 e. The molecule has 3 aromatic heterocycles. The van der Waals surface area contributed by atoms with Crippen LogP contribution in [0.2, 0.25) is 0 Å². The Morgan fingerprint density at radius 3 is 2.78 bits per heavy atom. The third-order valence-corrected chi connectivity index (χ3v) is 4.94. The number of fused-ring (bicyclic) bond motifs is 4. The van der Waals surface area contributed by atoms with Gasteiger partial charge in [-0.1, -0.05) is 6.07 Å². The van der Waals surface area contributed by atoms with E-state index in [-0.39, 0.29) is 12.3 Å². The monoisotopic (exact) mass is 361 g/mol. The van der Waals surface area contributed by atoms with Gasteiger partial charge in [-0.25, -0.2) is 14.5 Å². The lowest BCUT2D eigenvalue weighted by Crippen LogP contribution is -2.31. The van der Waals surface area contributed by atoms with Crippen molar-refractivity contribution in [1.82, 2.24) is 29.1 Å². The first-order valence-corrected chi connectivity index (χ1v) is 8.97. The van der Waals surface area contributed by atoms with Crippen LogP contribution in [-0.4, -0.2) is 41.6 Å². The Balaban J connectivity index is 1.46. The predicted molar refractivity (Wildman–Crippen MR) is 101 cm³/mol. The second-order valence-corrected chi connectivity index (χ2v) is 7.06. The van der Waals surface area contributed by atoms with Crippen molar-refractivity contribution in [2.75, 3.05) is 11.4 Å². The molecule has 136 valence electrons. The molecule has 0 N–H and O–H groups in total. The molecule has 1 aromatic carbocycles. The molecule has 27 heavy (non-hydrogen) atoms. The first-order valence-electron chi connectivity index (χ1n) is 8.97. The number of aryl methyl sites for hydroxylation is 3. The molecule has 1 aliphatic heterocycles. The molecule has 0 fully saturated rings. The fourth-order valence-corrected chi connectivity index (χ4v) is 3.70. The lowest BCUT2D eigenvalue weighted by Gasteiger charge is -2.12. The van der Waals surface area contributed by atoms with Gasteiger partial charge in [-0.15, -0.1) is 5.10 Å². The molecule has 4 heterocycles. The average molecular weight is 361 g/mol. The Hall–Kier alpha value is -3.29. The summed E-state index contributed by atoms with van der Waals surface area (Å²) < 4.78 is 3.78. The molecule has 0 spiro atoms. The first-order chi connectivity index (χ1) is 13.0. The van der Waals surface area contributed by atoms with Crippen molar-refractivity contribution < 1.29 is 4.79 Å². The van der Waals surface area contributed by atoms with Gasteiger partial charge in [0.15, 0.2) is 5.82 Å². The summed E-state index contributed by atoms with van der Waals surface area (Å²) in [5, 5.41) is 4.44. The van der Waals surface area contributed by atoms with Crippen LogP contribution in [-0.2, 0) is 17.8 Å². The molecule has 4 aromatic rings. The van der Waals surface area contributed by atoms with Gasteiger partial charge >= 0.3 is 0 Å². The Morgan fingerprint density at radius 1 is 1.07 bits per heavy atom.